The van der Waals surface area contributed by atoms with Gasteiger partial charge in [-0.15, -0.1) is 0 Å². The van der Waals surface area contributed by atoms with E-state index in [1.165, 1.54) is 0 Å². The maximum absolute atomic E-state index is 12.8. The molecule has 1 aliphatic heterocycles. The standard InChI is InChI=1S/C20H33N3O2/c1-4-22(5-2)13-14-25-18-11-12-23(15-18)20(24)16(3)19(21)17-9-7-6-8-10-17/h6-10,16,18-19H,4-5,11-15,21H2,1-3H3. The summed E-state index contributed by atoms with van der Waals surface area (Å²) in [7, 11) is 0. The fraction of sp³-hybridized carbons (Fsp3) is 0.650. The predicted octanol–water partition coefficient (Wildman–Crippen LogP) is 2.28. The molecule has 0 bridgehead atoms. The molecule has 1 aliphatic rings. The van der Waals surface area contributed by atoms with Crippen LogP contribution in [0, 0.1) is 5.92 Å². The summed E-state index contributed by atoms with van der Waals surface area (Å²) in [6, 6.07) is 9.58. The number of benzene rings is 1. The van der Waals surface area contributed by atoms with Gasteiger partial charge >= 0.3 is 0 Å². The minimum Gasteiger partial charge on any atom is -0.375 e. The lowest BCUT2D eigenvalue weighted by atomic mass is 9.94. The topological polar surface area (TPSA) is 58.8 Å². The molecule has 5 heteroatoms. The van der Waals surface area contributed by atoms with Crippen LogP contribution in [0.3, 0.4) is 0 Å². The van der Waals surface area contributed by atoms with E-state index >= 15 is 0 Å². The number of nitrogens with zero attached hydrogens (tertiary/aromatic N) is 2. The first-order valence-corrected chi connectivity index (χ1v) is 9.50. The van der Waals surface area contributed by atoms with E-state index < -0.39 is 0 Å². The van der Waals surface area contributed by atoms with E-state index in [1.807, 2.05) is 42.2 Å². The van der Waals surface area contributed by atoms with Crippen LogP contribution in [0.25, 0.3) is 0 Å². The number of rotatable bonds is 9. The molecule has 0 spiro atoms. The second-order valence-electron chi connectivity index (χ2n) is 6.82. The monoisotopic (exact) mass is 347 g/mol. The van der Waals surface area contributed by atoms with E-state index in [4.69, 9.17) is 10.5 Å². The molecule has 3 unspecified atom stereocenters. The quantitative estimate of drug-likeness (QED) is 0.744. The lowest BCUT2D eigenvalue weighted by molar-refractivity contribution is -0.135. The van der Waals surface area contributed by atoms with E-state index in [1.54, 1.807) is 0 Å². The molecule has 1 aromatic carbocycles. The molecule has 1 heterocycles. The Morgan fingerprint density at radius 1 is 1.32 bits per heavy atom. The van der Waals surface area contributed by atoms with Gasteiger partial charge in [0, 0.05) is 25.7 Å². The van der Waals surface area contributed by atoms with Crippen molar-refractivity contribution in [3.8, 4) is 0 Å². The van der Waals surface area contributed by atoms with E-state index in [2.05, 4.69) is 18.7 Å². The lowest BCUT2D eigenvalue weighted by Crippen LogP contribution is -2.39. The van der Waals surface area contributed by atoms with Crippen LogP contribution in [-0.2, 0) is 9.53 Å². The summed E-state index contributed by atoms with van der Waals surface area (Å²) >= 11 is 0. The highest BCUT2D eigenvalue weighted by atomic mass is 16.5. The molecule has 2 N–H and O–H groups in total. The number of amides is 1. The molecule has 0 radical (unpaired) electrons. The van der Waals surface area contributed by atoms with E-state index in [-0.39, 0.29) is 24.0 Å². The summed E-state index contributed by atoms with van der Waals surface area (Å²) in [5.41, 5.74) is 7.31. The summed E-state index contributed by atoms with van der Waals surface area (Å²) in [5, 5.41) is 0. The Balaban J connectivity index is 1.79. The third kappa shape index (κ3) is 5.53. The second kappa shape index (κ2) is 9.90. The third-order valence-electron chi connectivity index (χ3n) is 5.22. The van der Waals surface area contributed by atoms with Crippen LogP contribution in [0.5, 0.6) is 0 Å². The molecule has 1 saturated heterocycles. The summed E-state index contributed by atoms with van der Waals surface area (Å²) in [6.07, 6.45) is 1.07. The molecule has 1 amide bonds. The van der Waals surface area contributed by atoms with Crippen LogP contribution in [0.1, 0.15) is 38.8 Å². The van der Waals surface area contributed by atoms with Gasteiger partial charge in [-0.2, -0.15) is 0 Å². The molecule has 1 fully saturated rings. The number of likely N-dealkylation sites (tertiary alicyclic amines) is 1. The molecular weight excluding hydrogens is 314 g/mol. The first-order valence-electron chi connectivity index (χ1n) is 9.50. The van der Waals surface area contributed by atoms with E-state index in [0.29, 0.717) is 6.54 Å². The van der Waals surface area contributed by atoms with Crippen molar-refractivity contribution in [2.24, 2.45) is 11.7 Å². The average Bonchev–Trinajstić information content (AvgIpc) is 3.13. The Morgan fingerprint density at radius 3 is 2.64 bits per heavy atom. The highest BCUT2D eigenvalue weighted by Gasteiger charge is 2.32. The summed E-state index contributed by atoms with van der Waals surface area (Å²) in [5.74, 6) is -0.0944. The molecule has 140 valence electrons. The number of hydrogen-bond donors (Lipinski definition) is 1. The van der Waals surface area contributed by atoms with E-state index in [9.17, 15) is 4.79 Å². The third-order valence-corrected chi connectivity index (χ3v) is 5.22. The van der Waals surface area contributed by atoms with Crippen molar-refractivity contribution in [1.82, 2.24) is 9.80 Å². The summed E-state index contributed by atoms with van der Waals surface area (Å²) in [4.78, 5) is 17.0. The van der Waals surface area contributed by atoms with E-state index in [0.717, 1.165) is 44.8 Å². The zero-order chi connectivity index (χ0) is 18.2. The molecule has 5 nitrogen and oxygen atoms in total. The number of ether oxygens (including phenoxy) is 1. The van der Waals surface area contributed by atoms with Gasteiger partial charge in [-0.3, -0.25) is 4.79 Å². The van der Waals surface area contributed by atoms with Crippen molar-refractivity contribution < 1.29 is 9.53 Å². The number of likely N-dealkylation sites (N-methyl/N-ethyl adjacent to an activating group) is 1. The van der Waals surface area contributed by atoms with Crippen molar-refractivity contribution in [3.63, 3.8) is 0 Å². The molecule has 2 rings (SSSR count). The molecule has 0 saturated carbocycles. The Labute approximate surface area is 152 Å². The van der Waals surface area contributed by atoms with Crippen molar-refractivity contribution >= 4 is 5.91 Å². The average molecular weight is 348 g/mol. The molecule has 0 aromatic heterocycles. The Bertz CT molecular complexity index is 519. The lowest BCUT2D eigenvalue weighted by Gasteiger charge is -2.25. The zero-order valence-electron chi connectivity index (χ0n) is 15.9. The van der Waals surface area contributed by atoms with Crippen LogP contribution in [0.4, 0.5) is 0 Å². The Hall–Kier alpha value is -1.43. The van der Waals surface area contributed by atoms with Crippen molar-refractivity contribution in [2.75, 3.05) is 39.3 Å². The maximum atomic E-state index is 12.8. The number of hydrogen-bond acceptors (Lipinski definition) is 4. The summed E-state index contributed by atoms with van der Waals surface area (Å²) in [6.45, 7) is 11.5. The number of carbonyl (C=O) groups is 1. The van der Waals surface area contributed by atoms with Crippen LogP contribution in [-0.4, -0.2) is 61.1 Å². The van der Waals surface area contributed by atoms with Crippen LogP contribution in [0.2, 0.25) is 0 Å². The molecule has 3 atom stereocenters. The second-order valence-corrected chi connectivity index (χ2v) is 6.82. The van der Waals surface area contributed by atoms with Crippen molar-refractivity contribution in [3.05, 3.63) is 35.9 Å². The van der Waals surface area contributed by atoms with Gasteiger partial charge in [-0.1, -0.05) is 51.1 Å². The fourth-order valence-electron chi connectivity index (χ4n) is 3.36. The van der Waals surface area contributed by atoms with Crippen molar-refractivity contribution in [2.45, 2.75) is 39.3 Å². The minimum absolute atomic E-state index is 0.131. The van der Waals surface area contributed by atoms with Gasteiger partial charge < -0.3 is 20.3 Å². The zero-order valence-corrected chi connectivity index (χ0v) is 15.9. The first kappa shape index (κ1) is 19.9. The molecular formula is C20H33N3O2. The number of nitrogens with two attached hydrogens (primary N) is 1. The van der Waals surface area contributed by atoms with Crippen LogP contribution >= 0.6 is 0 Å². The van der Waals surface area contributed by atoms with Crippen LogP contribution in [0.15, 0.2) is 30.3 Å². The highest BCUT2D eigenvalue weighted by molar-refractivity contribution is 5.79. The Morgan fingerprint density at radius 2 is 2.00 bits per heavy atom. The molecule has 0 aliphatic carbocycles. The normalized spacial score (nSPS) is 20.0. The van der Waals surface area contributed by atoms with Gasteiger partial charge in [-0.05, 0) is 25.1 Å². The minimum atomic E-state index is -0.267. The smallest absolute Gasteiger partial charge is 0.227 e. The van der Waals surface area contributed by atoms with Crippen molar-refractivity contribution in [1.29, 1.82) is 0 Å². The molecule has 1 aromatic rings. The fourth-order valence-corrected chi connectivity index (χ4v) is 3.36. The van der Waals surface area contributed by atoms with Gasteiger partial charge in [0.05, 0.1) is 18.6 Å². The predicted molar refractivity (Wildman–Crippen MR) is 101 cm³/mol. The first-order chi connectivity index (χ1) is 12.1. The van der Waals surface area contributed by atoms with Gasteiger partial charge in [0.2, 0.25) is 5.91 Å². The Kier molecular flexibility index (Phi) is 7.88. The van der Waals surface area contributed by atoms with Gasteiger partial charge in [0.15, 0.2) is 0 Å². The SMILES string of the molecule is CCN(CC)CCOC1CCN(C(=O)C(C)C(N)c2ccccc2)C1. The largest absolute Gasteiger partial charge is 0.375 e. The highest BCUT2D eigenvalue weighted by Crippen LogP contribution is 2.23. The van der Waals surface area contributed by atoms with Crippen LogP contribution < -0.4 is 5.73 Å². The van der Waals surface area contributed by atoms with Gasteiger partial charge in [-0.25, -0.2) is 0 Å². The maximum Gasteiger partial charge on any atom is 0.227 e. The van der Waals surface area contributed by atoms with Gasteiger partial charge in [0.1, 0.15) is 0 Å². The van der Waals surface area contributed by atoms with Gasteiger partial charge in [0.25, 0.3) is 0 Å². The molecule has 25 heavy (non-hydrogen) atoms. The number of carbonyl (C=O) groups excluding carboxylic acids is 1. The summed E-state index contributed by atoms with van der Waals surface area (Å²) < 4.78 is 5.98.